The maximum Gasteiger partial charge on any atom is 0.251 e. The third-order valence-electron chi connectivity index (χ3n) is 4.19. The summed E-state index contributed by atoms with van der Waals surface area (Å²) in [4.78, 5) is 16.6. The zero-order chi connectivity index (χ0) is 19.2. The maximum atomic E-state index is 12.5. The van der Waals surface area contributed by atoms with E-state index in [0.29, 0.717) is 29.8 Å². The summed E-state index contributed by atoms with van der Waals surface area (Å²) < 4.78 is 1.98. The van der Waals surface area contributed by atoms with Crippen molar-refractivity contribution in [1.82, 2.24) is 25.1 Å². The van der Waals surface area contributed by atoms with Crippen molar-refractivity contribution in [3.05, 3.63) is 66.0 Å². The summed E-state index contributed by atoms with van der Waals surface area (Å²) in [6, 6.07) is 13.1. The SMILES string of the molecule is CC(C)n1cnnc1CCNC(=O)c1cccc(-c2cccnc2C#N)c1. The molecule has 7 heteroatoms. The van der Waals surface area contributed by atoms with Gasteiger partial charge in [-0.05, 0) is 43.7 Å². The molecule has 0 aliphatic carbocycles. The first kappa shape index (κ1) is 18.3. The number of nitrogens with one attached hydrogen (secondary N) is 1. The molecule has 0 radical (unpaired) electrons. The highest BCUT2D eigenvalue weighted by molar-refractivity contribution is 5.95. The van der Waals surface area contributed by atoms with E-state index in [1.807, 2.05) is 16.7 Å². The van der Waals surface area contributed by atoms with Gasteiger partial charge in [0.05, 0.1) is 0 Å². The van der Waals surface area contributed by atoms with Crippen LogP contribution < -0.4 is 5.32 Å². The summed E-state index contributed by atoms with van der Waals surface area (Å²) >= 11 is 0. The molecule has 0 bridgehead atoms. The van der Waals surface area contributed by atoms with E-state index in [9.17, 15) is 10.1 Å². The fourth-order valence-electron chi connectivity index (χ4n) is 2.82. The summed E-state index contributed by atoms with van der Waals surface area (Å²) in [5, 5.41) is 20.2. The second-order valence-electron chi connectivity index (χ2n) is 6.35. The van der Waals surface area contributed by atoms with Crippen LogP contribution in [0.3, 0.4) is 0 Å². The number of benzene rings is 1. The number of carbonyl (C=O) groups is 1. The van der Waals surface area contributed by atoms with E-state index in [1.54, 1.807) is 36.8 Å². The molecular formula is C20H20N6O. The van der Waals surface area contributed by atoms with Crippen molar-refractivity contribution >= 4 is 5.91 Å². The molecular weight excluding hydrogens is 340 g/mol. The molecule has 27 heavy (non-hydrogen) atoms. The first-order valence-electron chi connectivity index (χ1n) is 8.72. The second-order valence-corrected chi connectivity index (χ2v) is 6.35. The van der Waals surface area contributed by atoms with Gasteiger partial charge in [0.25, 0.3) is 5.91 Å². The van der Waals surface area contributed by atoms with Gasteiger partial charge >= 0.3 is 0 Å². The Labute approximate surface area is 157 Å². The number of aromatic nitrogens is 4. The Bertz CT molecular complexity index is 986. The molecule has 3 rings (SSSR count). The smallest absolute Gasteiger partial charge is 0.251 e. The number of nitriles is 1. The van der Waals surface area contributed by atoms with Crippen LogP contribution in [0.25, 0.3) is 11.1 Å². The fourth-order valence-corrected chi connectivity index (χ4v) is 2.82. The third kappa shape index (κ3) is 4.18. The van der Waals surface area contributed by atoms with Crippen LogP contribution in [0.4, 0.5) is 0 Å². The highest BCUT2D eigenvalue weighted by atomic mass is 16.1. The normalized spacial score (nSPS) is 10.6. The molecule has 1 N–H and O–H groups in total. The summed E-state index contributed by atoms with van der Waals surface area (Å²) in [5.74, 6) is 0.669. The summed E-state index contributed by atoms with van der Waals surface area (Å²) in [5.41, 5.74) is 2.36. The summed E-state index contributed by atoms with van der Waals surface area (Å²) in [7, 11) is 0. The predicted octanol–water partition coefficient (Wildman–Crippen LogP) is 2.77. The highest BCUT2D eigenvalue weighted by Crippen LogP contribution is 2.22. The molecule has 0 saturated carbocycles. The average Bonchev–Trinajstić information content (AvgIpc) is 3.17. The molecule has 1 amide bonds. The second kappa shape index (κ2) is 8.23. The van der Waals surface area contributed by atoms with Crippen molar-refractivity contribution in [2.24, 2.45) is 0 Å². The highest BCUT2D eigenvalue weighted by Gasteiger charge is 2.11. The number of carbonyl (C=O) groups excluding carboxylic acids is 1. The van der Waals surface area contributed by atoms with Crippen LogP contribution in [0.15, 0.2) is 48.9 Å². The molecule has 136 valence electrons. The molecule has 2 heterocycles. The van der Waals surface area contributed by atoms with Gasteiger partial charge in [0.2, 0.25) is 0 Å². The topological polar surface area (TPSA) is 96.5 Å². The van der Waals surface area contributed by atoms with Gasteiger partial charge in [0, 0.05) is 36.3 Å². The van der Waals surface area contributed by atoms with E-state index in [4.69, 9.17) is 0 Å². The fraction of sp³-hybridized carbons (Fsp3) is 0.250. The van der Waals surface area contributed by atoms with Gasteiger partial charge in [0.1, 0.15) is 23.9 Å². The monoisotopic (exact) mass is 360 g/mol. The van der Waals surface area contributed by atoms with Crippen molar-refractivity contribution in [3.8, 4) is 17.2 Å². The van der Waals surface area contributed by atoms with Gasteiger partial charge in [-0.3, -0.25) is 4.79 Å². The van der Waals surface area contributed by atoms with Gasteiger partial charge in [-0.15, -0.1) is 10.2 Å². The van der Waals surface area contributed by atoms with Crippen molar-refractivity contribution in [2.45, 2.75) is 26.3 Å². The Morgan fingerprint density at radius 2 is 2.15 bits per heavy atom. The minimum atomic E-state index is -0.171. The molecule has 0 spiro atoms. The molecule has 0 saturated heterocycles. The maximum absolute atomic E-state index is 12.5. The molecule has 0 unspecified atom stereocenters. The standard InChI is InChI=1S/C20H20N6O/c1-14(2)26-13-24-25-19(26)8-10-23-20(27)16-6-3-5-15(11-16)17-7-4-9-22-18(17)12-21/h3-7,9,11,13-14H,8,10H2,1-2H3,(H,23,27). The third-order valence-corrected chi connectivity index (χ3v) is 4.19. The van der Waals surface area contributed by atoms with Crippen molar-refractivity contribution in [2.75, 3.05) is 6.54 Å². The lowest BCUT2D eigenvalue weighted by Gasteiger charge is -2.11. The van der Waals surface area contributed by atoms with Gasteiger partial charge in [-0.25, -0.2) is 4.98 Å². The molecule has 3 aromatic rings. The quantitative estimate of drug-likeness (QED) is 0.729. The first-order chi connectivity index (χ1) is 13.1. The molecule has 0 aliphatic rings. The van der Waals surface area contributed by atoms with E-state index in [0.717, 1.165) is 11.4 Å². The van der Waals surface area contributed by atoms with E-state index >= 15 is 0 Å². The molecule has 0 atom stereocenters. The number of rotatable bonds is 6. The Hall–Kier alpha value is -3.53. The first-order valence-corrected chi connectivity index (χ1v) is 8.72. The Morgan fingerprint density at radius 1 is 1.30 bits per heavy atom. The number of nitrogens with zero attached hydrogens (tertiary/aromatic N) is 5. The summed E-state index contributed by atoms with van der Waals surface area (Å²) in [6.45, 7) is 4.58. The summed E-state index contributed by atoms with van der Waals surface area (Å²) in [6.07, 6.45) is 3.88. The number of hydrogen-bond acceptors (Lipinski definition) is 5. The molecule has 0 aliphatic heterocycles. The van der Waals surface area contributed by atoms with Gasteiger partial charge in [-0.1, -0.05) is 12.1 Å². The van der Waals surface area contributed by atoms with Crippen LogP contribution in [0.1, 0.15) is 41.8 Å². The lowest BCUT2D eigenvalue weighted by Crippen LogP contribution is -2.26. The Kier molecular flexibility index (Phi) is 5.57. The van der Waals surface area contributed by atoms with E-state index < -0.39 is 0 Å². The molecule has 2 aromatic heterocycles. The molecule has 0 fully saturated rings. The van der Waals surface area contributed by atoms with E-state index in [1.165, 1.54) is 0 Å². The zero-order valence-electron chi connectivity index (χ0n) is 15.3. The number of pyridine rings is 1. The van der Waals surface area contributed by atoms with E-state index in [2.05, 4.69) is 40.4 Å². The van der Waals surface area contributed by atoms with Crippen LogP contribution in [-0.2, 0) is 6.42 Å². The van der Waals surface area contributed by atoms with Gasteiger partial charge < -0.3 is 9.88 Å². The average molecular weight is 360 g/mol. The minimum Gasteiger partial charge on any atom is -0.352 e. The van der Waals surface area contributed by atoms with Crippen LogP contribution in [0.5, 0.6) is 0 Å². The largest absolute Gasteiger partial charge is 0.352 e. The van der Waals surface area contributed by atoms with Gasteiger partial charge in [0.15, 0.2) is 0 Å². The number of hydrogen-bond donors (Lipinski definition) is 1. The van der Waals surface area contributed by atoms with Crippen LogP contribution in [0, 0.1) is 11.3 Å². The molecule has 7 nitrogen and oxygen atoms in total. The van der Waals surface area contributed by atoms with Crippen LogP contribution >= 0.6 is 0 Å². The predicted molar refractivity (Wildman–Crippen MR) is 101 cm³/mol. The van der Waals surface area contributed by atoms with Crippen LogP contribution in [-0.4, -0.2) is 32.2 Å². The van der Waals surface area contributed by atoms with Crippen molar-refractivity contribution < 1.29 is 4.79 Å². The van der Waals surface area contributed by atoms with Crippen molar-refractivity contribution in [1.29, 1.82) is 5.26 Å². The minimum absolute atomic E-state index is 0.171. The number of amides is 1. The van der Waals surface area contributed by atoms with Crippen molar-refractivity contribution in [3.63, 3.8) is 0 Å². The Balaban J connectivity index is 1.69. The molecule has 1 aromatic carbocycles. The van der Waals surface area contributed by atoms with Crippen LogP contribution in [0.2, 0.25) is 0 Å². The van der Waals surface area contributed by atoms with Gasteiger partial charge in [-0.2, -0.15) is 5.26 Å². The lowest BCUT2D eigenvalue weighted by atomic mass is 10.0. The zero-order valence-corrected chi connectivity index (χ0v) is 15.3. The lowest BCUT2D eigenvalue weighted by molar-refractivity contribution is 0.0954. The Morgan fingerprint density at radius 3 is 2.93 bits per heavy atom. The van der Waals surface area contributed by atoms with E-state index in [-0.39, 0.29) is 11.9 Å².